The Morgan fingerprint density at radius 3 is 2.17 bits per heavy atom. The molecule has 1 aromatic rings. The fourth-order valence-corrected chi connectivity index (χ4v) is 4.60. The lowest BCUT2D eigenvalue weighted by Crippen LogP contribution is -2.54. The predicted octanol–water partition coefficient (Wildman–Crippen LogP) is -0.918. The highest BCUT2D eigenvalue weighted by Crippen LogP contribution is 2.58. The van der Waals surface area contributed by atoms with Gasteiger partial charge >= 0.3 is 0 Å². The van der Waals surface area contributed by atoms with E-state index < -0.39 is 18.1 Å². The second kappa shape index (κ2) is 6.32. The van der Waals surface area contributed by atoms with Gasteiger partial charge in [-0.15, -0.1) is 5.11 Å². The molecule has 2 heterocycles. The molecule has 2 nitrogen and oxygen atoms in total. The summed E-state index contributed by atoms with van der Waals surface area (Å²) in [7, 11) is 33.9. The summed E-state index contributed by atoms with van der Waals surface area (Å²) < 4.78 is 0. The molecule has 3 rings (SSSR count). The van der Waals surface area contributed by atoms with Gasteiger partial charge in [0.2, 0.25) is 6.74 Å². The van der Waals surface area contributed by atoms with Crippen LogP contribution in [0.15, 0.2) is 24.3 Å². The zero-order chi connectivity index (χ0) is 17.8. The highest BCUT2D eigenvalue weighted by Gasteiger charge is 2.66. The maximum absolute atomic E-state index is 6.08. The van der Waals surface area contributed by atoms with Gasteiger partial charge in [0.05, 0.1) is 11.9 Å². The molecule has 2 atom stereocenters. The van der Waals surface area contributed by atoms with Gasteiger partial charge in [0.15, 0.2) is 0 Å². The van der Waals surface area contributed by atoms with E-state index in [-0.39, 0.29) is 18.6 Å². The summed E-state index contributed by atoms with van der Waals surface area (Å²) in [6.45, 7) is 3.56. The van der Waals surface area contributed by atoms with E-state index in [1.54, 1.807) is 0 Å². The molecule has 2 aliphatic heterocycles. The highest BCUT2D eigenvalue weighted by atomic mass is 15.4. The molecule has 1 aromatic carbocycles. The van der Waals surface area contributed by atoms with Crippen LogP contribution in [-0.4, -0.2) is 85.4 Å². The summed E-state index contributed by atoms with van der Waals surface area (Å²) >= 11 is 0. The third-order valence-electron chi connectivity index (χ3n) is 6.18. The Morgan fingerprint density at radius 1 is 1.12 bits per heavy atom. The zero-order valence-electron chi connectivity index (χ0n) is 14.6. The second-order valence-corrected chi connectivity index (χ2v) is 7.23. The van der Waals surface area contributed by atoms with E-state index in [0.717, 1.165) is 0 Å². The van der Waals surface area contributed by atoms with Gasteiger partial charge in [0.25, 0.3) is 0 Å². The molecule has 0 spiro atoms. The van der Waals surface area contributed by atoms with Crippen LogP contribution in [0.3, 0.4) is 0 Å². The van der Waals surface area contributed by atoms with E-state index in [1.807, 2.05) is 0 Å². The van der Waals surface area contributed by atoms with Crippen LogP contribution in [0, 0.1) is 0 Å². The van der Waals surface area contributed by atoms with Gasteiger partial charge in [-0.05, 0) is 19.1 Å². The Balaban J connectivity index is 1.98. The minimum atomic E-state index is -0.792. The van der Waals surface area contributed by atoms with Crippen LogP contribution in [0.25, 0.3) is 0 Å². The molecule has 1 saturated heterocycles. The largest absolute Gasteiger partial charge is 0.403 e. The fraction of sp³-hybridized carbons (Fsp3) is 0.500. The number of nitrogens with zero attached hydrogens (tertiary/aromatic N) is 2. The lowest BCUT2D eigenvalue weighted by Gasteiger charge is -2.44. The smallest absolute Gasteiger partial charge is 0.214 e. The van der Waals surface area contributed by atoms with E-state index in [0.29, 0.717) is 6.60 Å². The van der Waals surface area contributed by atoms with Gasteiger partial charge in [-0.25, -0.2) is 0 Å². The van der Waals surface area contributed by atoms with Crippen molar-refractivity contribution in [1.29, 1.82) is 0 Å². The van der Waals surface area contributed by atoms with E-state index in [4.69, 9.17) is 38.7 Å². The maximum Gasteiger partial charge on any atom is 0.214 e. The quantitative estimate of drug-likeness (QED) is 0.649. The predicted molar refractivity (Wildman–Crippen MR) is 117 cm³/mol. The Bertz CT molecular complexity index is 605. The lowest BCUT2D eigenvalue weighted by atomic mass is 8.84. The average Bonchev–Trinajstić information content (AvgIpc) is 3.11. The highest BCUT2D eigenvalue weighted by molar-refractivity contribution is 7.53. The van der Waals surface area contributed by atoms with Gasteiger partial charge in [-0.3, -0.25) is 0 Å². The number of para-hydroxylation sites is 2. The SMILES string of the molecule is [B][B]C(B([B])[B])(B([B])[B])C1B(C)B1N1c2ccccc2N(C)[C@@H]1C. The monoisotopic (exact) mass is 297 g/mol. The molecule has 0 N–H and O–H groups in total. The normalized spacial score (nSPS) is 22.5. The first-order valence-electron chi connectivity index (χ1n) is 8.47. The average molecular weight is 295 g/mol. The maximum atomic E-state index is 6.08. The van der Waals surface area contributed by atoms with Crippen molar-refractivity contribution in [3.8, 4) is 0 Å². The zero-order valence-corrected chi connectivity index (χ0v) is 14.6. The molecule has 2 aliphatic rings. The Hall–Kier alpha value is -0.531. The van der Waals surface area contributed by atoms with Crippen molar-refractivity contribution in [3.63, 3.8) is 0 Å². The topological polar surface area (TPSA) is 6.48 Å². The minimum absolute atomic E-state index is 0.115. The number of hydrogen-bond acceptors (Lipinski definition) is 2. The molecule has 0 aliphatic carbocycles. The molecule has 1 fully saturated rings. The Labute approximate surface area is 155 Å². The van der Waals surface area contributed by atoms with Crippen molar-refractivity contribution in [2.45, 2.75) is 30.7 Å². The Morgan fingerprint density at radius 2 is 1.67 bits per heavy atom. The molecule has 0 saturated carbocycles. The summed E-state index contributed by atoms with van der Waals surface area (Å²) in [6, 6.07) is 8.41. The van der Waals surface area contributed by atoms with Crippen LogP contribution in [0.2, 0.25) is 17.7 Å². The van der Waals surface area contributed by atoms with Gasteiger partial charge in [0, 0.05) is 71.6 Å². The molecular weight excluding hydrogens is 280 g/mol. The Kier molecular flexibility index (Phi) is 4.81. The van der Waals surface area contributed by atoms with E-state index >= 15 is 0 Å². The van der Waals surface area contributed by atoms with Crippen molar-refractivity contribution in [1.82, 2.24) is 0 Å². The second-order valence-electron chi connectivity index (χ2n) is 7.23. The first kappa shape index (κ1) is 18.3. The number of benzene rings is 1. The van der Waals surface area contributed by atoms with Crippen molar-refractivity contribution in [2.24, 2.45) is 0 Å². The van der Waals surface area contributed by atoms with Crippen LogP contribution >= 0.6 is 0 Å². The summed E-state index contributed by atoms with van der Waals surface area (Å²) in [6.07, 6.45) is 0.235. The summed E-state index contributed by atoms with van der Waals surface area (Å²) in [5.41, 5.74) is 2.55. The van der Waals surface area contributed by atoms with Crippen LogP contribution < -0.4 is 9.71 Å². The van der Waals surface area contributed by atoms with Crippen LogP contribution in [0.5, 0.6) is 0 Å². The molecule has 103 valence electrons. The van der Waals surface area contributed by atoms with Crippen LogP contribution in [0.1, 0.15) is 6.92 Å². The first-order chi connectivity index (χ1) is 11.3. The standard InChI is InChI=1S/C12H15B10N2/c1-8-23(3)9-6-4-5-7-10(9)24(8)20-11(19(20)2)12(18-13,21(14)15)22(16)17/h4-8,11H,1-3H3/t8-,11?/m0/s1. The van der Waals surface area contributed by atoms with Crippen molar-refractivity contribution >= 4 is 83.6 Å². The number of fused-ring (bicyclic) bond motifs is 1. The summed E-state index contributed by atoms with van der Waals surface area (Å²) in [5, 5.41) is -0.792. The molecule has 24 heavy (non-hydrogen) atoms. The van der Waals surface area contributed by atoms with E-state index in [2.05, 4.69) is 54.8 Å². The molecular formula is C12H15B10N2. The summed E-state index contributed by atoms with van der Waals surface area (Å²) in [5.74, 6) is 0. The van der Waals surface area contributed by atoms with Crippen molar-refractivity contribution in [3.05, 3.63) is 24.3 Å². The number of hydrogen-bond donors (Lipinski definition) is 0. The van der Waals surface area contributed by atoms with Gasteiger partial charge in [-0.2, -0.15) is 0 Å². The van der Waals surface area contributed by atoms with Crippen LogP contribution in [0.4, 0.5) is 11.4 Å². The van der Waals surface area contributed by atoms with Crippen LogP contribution in [-0.2, 0) is 0 Å². The molecule has 12 heteroatoms. The first-order valence-corrected chi connectivity index (χ1v) is 8.47. The molecule has 0 bridgehead atoms. The van der Waals surface area contributed by atoms with Crippen molar-refractivity contribution in [2.75, 3.05) is 16.8 Å². The van der Waals surface area contributed by atoms with Gasteiger partial charge in [0.1, 0.15) is 6.60 Å². The third kappa shape index (κ3) is 2.38. The summed E-state index contributed by atoms with van der Waals surface area (Å²) in [4.78, 5) is 4.70. The molecule has 11 radical (unpaired) electrons. The lowest BCUT2D eigenvalue weighted by molar-refractivity contribution is 0.754. The number of anilines is 2. The van der Waals surface area contributed by atoms with Gasteiger partial charge in [-0.1, -0.05) is 24.7 Å². The minimum Gasteiger partial charge on any atom is -0.403 e. The van der Waals surface area contributed by atoms with E-state index in [9.17, 15) is 0 Å². The van der Waals surface area contributed by atoms with Crippen molar-refractivity contribution < 1.29 is 0 Å². The third-order valence-corrected chi connectivity index (χ3v) is 6.18. The molecule has 0 aromatic heterocycles. The van der Waals surface area contributed by atoms with E-state index in [1.165, 1.54) is 18.5 Å². The fourth-order valence-electron chi connectivity index (χ4n) is 4.60. The van der Waals surface area contributed by atoms with Gasteiger partial charge < -0.3 is 9.71 Å². The molecule has 1 unspecified atom stereocenters. The number of rotatable bonds is 5. The molecule has 0 amide bonds.